The molecule has 1 saturated heterocycles. The van der Waals surface area contributed by atoms with E-state index in [1.165, 1.54) is 30.5 Å². The van der Waals surface area contributed by atoms with Gasteiger partial charge in [-0.1, -0.05) is 11.6 Å². The maximum atomic E-state index is 6.20. The third-order valence-electron chi connectivity index (χ3n) is 4.61. The Hall–Kier alpha value is -0.770. The fraction of sp³-hybridized carbons (Fsp3) is 0.625. The van der Waals surface area contributed by atoms with Gasteiger partial charge in [0.1, 0.15) is 5.75 Å². The molecule has 110 valence electrons. The molecule has 1 aromatic carbocycles. The first-order chi connectivity index (χ1) is 9.63. The molecule has 0 spiro atoms. The Balaban J connectivity index is 1.64. The molecule has 2 aliphatic rings. The number of benzene rings is 1. The average Bonchev–Trinajstić information content (AvgIpc) is 2.88. The van der Waals surface area contributed by atoms with Gasteiger partial charge in [-0.2, -0.15) is 0 Å². The van der Waals surface area contributed by atoms with E-state index in [0.29, 0.717) is 12.1 Å². The highest BCUT2D eigenvalue weighted by atomic mass is 35.5. The van der Waals surface area contributed by atoms with Crippen LogP contribution in [0.5, 0.6) is 5.75 Å². The zero-order valence-electron chi connectivity index (χ0n) is 12.3. The highest BCUT2D eigenvalue weighted by Crippen LogP contribution is 2.33. The van der Waals surface area contributed by atoms with E-state index in [-0.39, 0.29) is 0 Å². The molecule has 1 N–H and O–H groups in total. The number of piperidine rings is 1. The van der Waals surface area contributed by atoms with Crippen LogP contribution in [0.1, 0.15) is 30.9 Å². The van der Waals surface area contributed by atoms with Crippen molar-refractivity contribution in [3.63, 3.8) is 0 Å². The molecule has 3 rings (SSSR count). The summed E-state index contributed by atoms with van der Waals surface area (Å²) in [6, 6.07) is 5.32. The lowest BCUT2D eigenvalue weighted by atomic mass is 9.98. The summed E-state index contributed by atoms with van der Waals surface area (Å²) in [7, 11) is 2.21. The zero-order chi connectivity index (χ0) is 14.1. The number of nitrogens with one attached hydrogen (secondary N) is 1. The fourth-order valence-electron chi connectivity index (χ4n) is 3.21. The minimum Gasteiger partial charge on any atom is -0.493 e. The van der Waals surface area contributed by atoms with Gasteiger partial charge in [-0.15, -0.1) is 0 Å². The lowest BCUT2D eigenvalue weighted by Crippen LogP contribution is -2.45. The van der Waals surface area contributed by atoms with Crippen molar-refractivity contribution in [2.45, 2.75) is 44.8 Å². The molecule has 0 saturated carbocycles. The van der Waals surface area contributed by atoms with Crippen LogP contribution >= 0.6 is 11.6 Å². The Kier molecular flexibility index (Phi) is 4.20. The van der Waals surface area contributed by atoms with Crippen molar-refractivity contribution in [3.8, 4) is 5.75 Å². The van der Waals surface area contributed by atoms with Crippen LogP contribution in [0.4, 0.5) is 0 Å². The Morgan fingerprint density at radius 3 is 3.10 bits per heavy atom. The summed E-state index contributed by atoms with van der Waals surface area (Å²) < 4.78 is 5.76. The van der Waals surface area contributed by atoms with E-state index in [9.17, 15) is 0 Å². The molecular formula is C16H23ClN2O. The van der Waals surface area contributed by atoms with Crippen LogP contribution in [0, 0.1) is 0 Å². The normalized spacial score (nSPS) is 26.4. The first-order valence-corrected chi connectivity index (χ1v) is 7.89. The second-order valence-corrected chi connectivity index (χ2v) is 6.52. The van der Waals surface area contributed by atoms with E-state index in [1.54, 1.807) is 0 Å². The van der Waals surface area contributed by atoms with Crippen LogP contribution in [0.15, 0.2) is 12.1 Å². The van der Waals surface area contributed by atoms with Crippen LogP contribution in [-0.4, -0.2) is 37.2 Å². The monoisotopic (exact) mass is 294 g/mol. The van der Waals surface area contributed by atoms with Crippen molar-refractivity contribution in [2.24, 2.45) is 0 Å². The lowest BCUT2D eigenvalue weighted by Gasteiger charge is -2.35. The summed E-state index contributed by atoms with van der Waals surface area (Å²) in [6.07, 6.45) is 3.40. The van der Waals surface area contributed by atoms with E-state index >= 15 is 0 Å². The Morgan fingerprint density at radius 2 is 2.30 bits per heavy atom. The van der Waals surface area contributed by atoms with Gasteiger partial charge >= 0.3 is 0 Å². The summed E-state index contributed by atoms with van der Waals surface area (Å²) in [5, 5.41) is 4.50. The van der Waals surface area contributed by atoms with Crippen molar-refractivity contribution in [1.82, 2.24) is 10.2 Å². The molecule has 0 aromatic heterocycles. The Morgan fingerprint density at radius 1 is 1.45 bits per heavy atom. The quantitative estimate of drug-likeness (QED) is 0.928. The number of rotatable bonds is 3. The predicted molar refractivity (Wildman–Crippen MR) is 82.6 cm³/mol. The van der Waals surface area contributed by atoms with Gasteiger partial charge < -0.3 is 15.0 Å². The first-order valence-electron chi connectivity index (χ1n) is 7.51. The predicted octanol–water partition coefficient (Wildman–Crippen LogP) is 2.85. The van der Waals surface area contributed by atoms with Crippen molar-refractivity contribution < 1.29 is 4.74 Å². The number of ether oxygens (including phenoxy) is 1. The molecule has 2 atom stereocenters. The minimum absolute atomic E-state index is 0.595. The number of nitrogens with zero attached hydrogens (tertiary/aromatic N) is 1. The molecule has 0 radical (unpaired) electrons. The van der Waals surface area contributed by atoms with Gasteiger partial charge in [-0.05, 0) is 51.1 Å². The largest absolute Gasteiger partial charge is 0.493 e. The molecule has 1 aromatic rings. The third-order valence-corrected chi connectivity index (χ3v) is 4.83. The third kappa shape index (κ3) is 2.95. The van der Waals surface area contributed by atoms with E-state index in [1.807, 2.05) is 12.1 Å². The van der Waals surface area contributed by atoms with Crippen LogP contribution in [-0.2, 0) is 13.0 Å². The smallest absolute Gasteiger partial charge is 0.127 e. The first kappa shape index (κ1) is 14.2. The minimum atomic E-state index is 0.595. The highest BCUT2D eigenvalue weighted by Gasteiger charge is 2.23. The van der Waals surface area contributed by atoms with Gasteiger partial charge in [0.05, 0.1) is 6.61 Å². The van der Waals surface area contributed by atoms with E-state index in [0.717, 1.165) is 30.3 Å². The summed E-state index contributed by atoms with van der Waals surface area (Å²) in [5.74, 6) is 1.06. The fourth-order valence-corrected chi connectivity index (χ4v) is 3.47. The van der Waals surface area contributed by atoms with Gasteiger partial charge in [0, 0.05) is 35.6 Å². The molecule has 0 amide bonds. The van der Waals surface area contributed by atoms with E-state index < -0.39 is 0 Å². The summed E-state index contributed by atoms with van der Waals surface area (Å²) in [5.41, 5.74) is 2.46. The number of fused-ring (bicyclic) bond motifs is 1. The molecular weight excluding hydrogens is 272 g/mol. The van der Waals surface area contributed by atoms with Crippen molar-refractivity contribution in [2.75, 3.05) is 20.2 Å². The molecule has 2 unspecified atom stereocenters. The van der Waals surface area contributed by atoms with Crippen LogP contribution < -0.4 is 10.1 Å². The number of likely N-dealkylation sites (tertiary alicyclic amines) is 1. The molecule has 2 aliphatic heterocycles. The molecule has 2 heterocycles. The Labute approximate surface area is 126 Å². The van der Waals surface area contributed by atoms with Gasteiger partial charge in [-0.3, -0.25) is 0 Å². The molecule has 20 heavy (non-hydrogen) atoms. The summed E-state index contributed by atoms with van der Waals surface area (Å²) in [4.78, 5) is 2.43. The van der Waals surface area contributed by atoms with Crippen molar-refractivity contribution in [1.29, 1.82) is 0 Å². The van der Waals surface area contributed by atoms with Crippen molar-refractivity contribution in [3.05, 3.63) is 28.3 Å². The summed E-state index contributed by atoms with van der Waals surface area (Å²) >= 11 is 6.20. The second-order valence-electron chi connectivity index (χ2n) is 6.08. The highest BCUT2D eigenvalue weighted by molar-refractivity contribution is 6.30. The van der Waals surface area contributed by atoms with Crippen molar-refractivity contribution >= 4 is 11.6 Å². The number of hydrogen-bond donors (Lipinski definition) is 1. The molecule has 1 fully saturated rings. The summed E-state index contributed by atoms with van der Waals surface area (Å²) in [6.45, 7) is 5.11. The lowest BCUT2D eigenvalue weighted by molar-refractivity contribution is 0.168. The zero-order valence-corrected chi connectivity index (χ0v) is 13.0. The van der Waals surface area contributed by atoms with Gasteiger partial charge in [-0.25, -0.2) is 0 Å². The van der Waals surface area contributed by atoms with Crippen LogP contribution in [0.2, 0.25) is 5.02 Å². The molecule has 4 heteroatoms. The van der Waals surface area contributed by atoms with Gasteiger partial charge in [0.2, 0.25) is 0 Å². The number of halogens is 1. The maximum Gasteiger partial charge on any atom is 0.127 e. The van der Waals surface area contributed by atoms with E-state index in [4.69, 9.17) is 16.3 Å². The standard InChI is InChI=1S/C16H23ClN2O/c1-11-7-15(3-5-19(11)2)18-10-13-9-14(17)8-12-4-6-20-16(12)13/h8-9,11,15,18H,3-7,10H2,1-2H3. The van der Waals surface area contributed by atoms with Crippen LogP contribution in [0.25, 0.3) is 0 Å². The SMILES string of the molecule is CC1CC(NCc2cc(Cl)cc3c2OCC3)CCN1C. The Bertz CT molecular complexity index is 492. The molecule has 0 aliphatic carbocycles. The van der Waals surface area contributed by atoms with Gasteiger partial charge in [0.15, 0.2) is 0 Å². The molecule has 3 nitrogen and oxygen atoms in total. The van der Waals surface area contributed by atoms with E-state index in [2.05, 4.69) is 24.2 Å². The topological polar surface area (TPSA) is 24.5 Å². The number of hydrogen-bond acceptors (Lipinski definition) is 3. The average molecular weight is 295 g/mol. The maximum absolute atomic E-state index is 6.20. The molecule has 0 bridgehead atoms. The second kappa shape index (κ2) is 5.92. The van der Waals surface area contributed by atoms with Gasteiger partial charge in [0.25, 0.3) is 0 Å². The van der Waals surface area contributed by atoms with Crippen LogP contribution in [0.3, 0.4) is 0 Å².